The molecule has 1 heterocycles. The predicted octanol–water partition coefficient (Wildman–Crippen LogP) is 3.16. The van der Waals surface area contributed by atoms with Crippen molar-refractivity contribution in [2.24, 2.45) is 0 Å². The molecule has 0 saturated heterocycles. The molecule has 0 spiro atoms. The Labute approximate surface area is 117 Å². The maximum absolute atomic E-state index is 10.8. The molecule has 0 radical (unpaired) electrons. The minimum Gasteiger partial charge on any atom is -0.481 e. The molecule has 0 atom stereocenters. The number of hydrogen-bond acceptors (Lipinski definition) is 3. The van der Waals surface area contributed by atoms with E-state index in [1.54, 1.807) is 6.92 Å². The fourth-order valence-electron chi connectivity index (χ4n) is 2.72. The minimum atomic E-state index is -0.902. The maximum Gasteiger partial charge on any atom is 0.311 e. The molecule has 20 heavy (non-hydrogen) atoms. The van der Waals surface area contributed by atoms with E-state index in [1.807, 2.05) is 6.07 Å². The Morgan fingerprint density at radius 2 is 2.05 bits per heavy atom. The van der Waals surface area contributed by atoms with Crippen LogP contribution in [0.2, 0.25) is 0 Å². The molecular formula is C16H17NO3. The molecule has 1 aromatic carbocycles. The molecule has 4 heteroatoms. The van der Waals surface area contributed by atoms with E-state index in [9.17, 15) is 4.79 Å². The van der Waals surface area contributed by atoms with E-state index < -0.39 is 5.97 Å². The van der Waals surface area contributed by atoms with E-state index >= 15 is 0 Å². The fraction of sp³-hybridized carbons (Fsp3) is 0.375. The number of carboxylic acids is 1. The van der Waals surface area contributed by atoms with E-state index in [-0.39, 0.29) is 6.42 Å². The van der Waals surface area contributed by atoms with Crippen LogP contribution in [0.25, 0.3) is 11.5 Å². The Morgan fingerprint density at radius 3 is 2.80 bits per heavy atom. The van der Waals surface area contributed by atoms with E-state index in [4.69, 9.17) is 9.52 Å². The summed E-state index contributed by atoms with van der Waals surface area (Å²) in [6.45, 7) is 1.78. The smallest absolute Gasteiger partial charge is 0.311 e. The van der Waals surface area contributed by atoms with Gasteiger partial charge in [0, 0.05) is 5.56 Å². The zero-order valence-corrected chi connectivity index (χ0v) is 11.5. The molecule has 1 N–H and O–H groups in total. The number of nitrogens with zero attached hydrogens (tertiary/aromatic N) is 1. The molecule has 0 unspecified atom stereocenters. The van der Waals surface area contributed by atoms with Crippen molar-refractivity contribution >= 4 is 5.97 Å². The summed E-state index contributed by atoms with van der Waals surface area (Å²) >= 11 is 0. The molecule has 0 bridgehead atoms. The third-order valence-corrected chi connectivity index (χ3v) is 3.80. The quantitative estimate of drug-likeness (QED) is 0.931. The van der Waals surface area contributed by atoms with Gasteiger partial charge >= 0.3 is 5.97 Å². The fourth-order valence-corrected chi connectivity index (χ4v) is 2.72. The van der Waals surface area contributed by atoms with Gasteiger partial charge in [-0.25, -0.2) is 4.98 Å². The van der Waals surface area contributed by atoms with Gasteiger partial charge in [-0.1, -0.05) is 6.07 Å². The van der Waals surface area contributed by atoms with E-state index in [2.05, 4.69) is 17.1 Å². The Hall–Kier alpha value is -2.10. The average Bonchev–Trinajstić information content (AvgIpc) is 2.79. The Bertz CT molecular complexity index is 658. The highest BCUT2D eigenvalue weighted by Crippen LogP contribution is 2.28. The lowest BCUT2D eigenvalue weighted by molar-refractivity contribution is -0.136. The van der Waals surface area contributed by atoms with Crippen molar-refractivity contribution in [2.75, 3.05) is 0 Å². The van der Waals surface area contributed by atoms with Crippen LogP contribution in [-0.2, 0) is 24.1 Å². The summed E-state index contributed by atoms with van der Waals surface area (Å²) in [5.74, 6) is 0.0542. The van der Waals surface area contributed by atoms with Crippen molar-refractivity contribution in [1.29, 1.82) is 0 Å². The Morgan fingerprint density at radius 1 is 1.30 bits per heavy atom. The molecule has 1 aliphatic rings. The molecule has 2 aromatic rings. The first kappa shape index (κ1) is 12.9. The standard InChI is InChI=1S/C16H17NO3/c1-10-14(9-15(18)19)20-16(17-10)13-7-6-11-4-2-3-5-12(11)8-13/h6-8H,2-5,9H2,1H3,(H,18,19). The van der Waals surface area contributed by atoms with Crippen LogP contribution in [0, 0.1) is 6.92 Å². The second-order valence-corrected chi connectivity index (χ2v) is 5.29. The largest absolute Gasteiger partial charge is 0.481 e. The molecule has 0 saturated carbocycles. The number of benzene rings is 1. The van der Waals surface area contributed by atoms with Gasteiger partial charge in [0.2, 0.25) is 5.89 Å². The first-order chi connectivity index (χ1) is 9.63. The number of rotatable bonds is 3. The van der Waals surface area contributed by atoms with Crippen molar-refractivity contribution < 1.29 is 14.3 Å². The highest BCUT2D eigenvalue weighted by atomic mass is 16.4. The van der Waals surface area contributed by atoms with Gasteiger partial charge < -0.3 is 9.52 Å². The van der Waals surface area contributed by atoms with Gasteiger partial charge in [0.1, 0.15) is 12.2 Å². The highest BCUT2D eigenvalue weighted by Gasteiger charge is 2.16. The second kappa shape index (κ2) is 5.12. The molecular weight excluding hydrogens is 254 g/mol. The normalized spacial score (nSPS) is 14.1. The van der Waals surface area contributed by atoms with Crippen LogP contribution in [0.4, 0.5) is 0 Å². The van der Waals surface area contributed by atoms with Gasteiger partial charge in [0.25, 0.3) is 0 Å². The third-order valence-electron chi connectivity index (χ3n) is 3.80. The Kier molecular flexibility index (Phi) is 3.30. The van der Waals surface area contributed by atoms with Crippen LogP contribution < -0.4 is 0 Å². The molecule has 0 amide bonds. The molecule has 104 valence electrons. The zero-order chi connectivity index (χ0) is 14.1. The number of carboxylic acid groups (broad SMARTS) is 1. The van der Waals surface area contributed by atoms with Gasteiger partial charge in [-0.3, -0.25) is 4.79 Å². The number of aliphatic carboxylic acids is 1. The van der Waals surface area contributed by atoms with Crippen molar-refractivity contribution in [1.82, 2.24) is 4.98 Å². The van der Waals surface area contributed by atoms with E-state index in [1.165, 1.54) is 24.0 Å². The van der Waals surface area contributed by atoms with Crippen molar-refractivity contribution in [3.05, 3.63) is 40.8 Å². The molecule has 0 fully saturated rings. The summed E-state index contributed by atoms with van der Waals surface area (Å²) in [4.78, 5) is 15.1. The Balaban J connectivity index is 1.94. The van der Waals surface area contributed by atoms with Crippen LogP contribution in [0.1, 0.15) is 35.4 Å². The van der Waals surface area contributed by atoms with Crippen molar-refractivity contribution in [2.45, 2.75) is 39.0 Å². The summed E-state index contributed by atoms with van der Waals surface area (Å²) < 4.78 is 5.61. The maximum atomic E-state index is 10.8. The van der Waals surface area contributed by atoms with E-state index in [0.717, 1.165) is 18.4 Å². The van der Waals surface area contributed by atoms with Crippen LogP contribution in [0.3, 0.4) is 0 Å². The molecule has 1 aromatic heterocycles. The van der Waals surface area contributed by atoms with Crippen LogP contribution >= 0.6 is 0 Å². The van der Waals surface area contributed by atoms with Gasteiger partial charge in [0.05, 0.1) is 5.69 Å². The lowest BCUT2D eigenvalue weighted by atomic mass is 9.90. The summed E-state index contributed by atoms with van der Waals surface area (Å²) in [6, 6.07) is 6.28. The number of fused-ring (bicyclic) bond motifs is 1. The summed E-state index contributed by atoms with van der Waals surface area (Å²) in [5, 5.41) is 8.84. The molecule has 4 nitrogen and oxygen atoms in total. The first-order valence-electron chi connectivity index (χ1n) is 6.94. The average molecular weight is 271 g/mol. The first-order valence-corrected chi connectivity index (χ1v) is 6.94. The topological polar surface area (TPSA) is 63.3 Å². The highest BCUT2D eigenvalue weighted by molar-refractivity contribution is 5.70. The van der Waals surface area contributed by atoms with Crippen LogP contribution in [-0.4, -0.2) is 16.1 Å². The monoisotopic (exact) mass is 271 g/mol. The molecule has 1 aliphatic carbocycles. The van der Waals surface area contributed by atoms with Crippen LogP contribution in [0.5, 0.6) is 0 Å². The van der Waals surface area contributed by atoms with Gasteiger partial charge in [0.15, 0.2) is 0 Å². The second-order valence-electron chi connectivity index (χ2n) is 5.29. The number of aromatic nitrogens is 1. The van der Waals surface area contributed by atoms with Crippen molar-refractivity contribution in [3.8, 4) is 11.5 Å². The van der Waals surface area contributed by atoms with Gasteiger partial charge in [-0.05, 0) is 55.9 Å². The number of oxazole rings is 1. The van der Waals surface area contributed by atoms with Crippen LogP contribution in [0.15, 0.2) is 22.6 Å². The van der Waals surface area contributed by atoms with Gasteiger partial charge in [-0.15, -0.1) is 0 Å². The summed E-state index contributed by atoms with van der Waals surface area (Å²) in [5.41, 5.74) is 4.36. The lowest BCUT2D eigenvalue weighted by Crippen LogP contribution is -2.02. The molecule has 0 aliphatic heterocycles. The van der Waals surface area contributed by atoms with Gasteiger partial charge in [-0.2, -0.15) is 0 Å². The number of aryl methyl sites for hydroxylation is 3. The molecule has 3 rings (SSSR count). The van der Waals surface area contributed by atoms with E-state index in [0.29, 0.717) is 17.3 Å². The van der Waals surface area contributed by atoms with Crippen molar-refractivity contribution in [3.63, 3.8) is 0 Å². The minimum absolute atomic E-state index is 0.121. The zero-order valence-electron chi connectivity index (χ0n) is 11.5. The summed E-state index contributed by atoms with van der Waals surface area (Å²) in [7, 11) is 0. The lowest BCUT2D eigenvalue weighted by Gasteiger charge is -2.15. The SMILES string of the molecule is Cc1nc(-c2ccc3c(c2)CCCC3)oc1CC(=O)O. The number of carbonyl (C=O) groups is 1. The predicted molar refractivity (Wildman–Crippen MR) is 74.7 cm³/mol. The third kappa shape index (κ3) is 2.46. The summed E-state index contributed by atoms with van der Waals surface area (Å²) in [6.07, 6.45) is 4.61. The number of hydrogen-bond donors (Lipinski definition) is 1.